The van der Waals surface area contributed by atoms with E-state index in [0.717, 1.165) is 22.2 Å². The summed E-state index contributed by atoms with van der Waals surface area (Å²) in [7, 11) is 0. The van der Waals surface area contributed by atoms with Crippen LogP contribution in [-0.2, 0) is 0 Å². The fraction of sp³-hybridized carbons (Fsp3) is 0.133. The summed E-state index contributed by atoms with van der Waals surface area (Å²) < 4.78 is 40.4. The summed E-state index contributed by atoms with van der Waals surface area (Å²) >= 11 is 3.31. The fourth-order valence-corrected chi connectivity index (χ4v) is 2.25. The van der Waals surface area contributed by atoms with Crippen LogP contribution in [0, 0.1) is 17.5 Å². The van der Waals surface area contributed by atoms with Crippen LogP contribution in [0.5, 0.6) is 0 Å². The second kappa shape index (κ2) is 6.30. The quantitative estimate of drug-likeness (QED) is 0.812. The first-order chi connectivity index (χ1) is 9.90. The van der Waals surface area contributed by atoms with Gasteiger partial charge >= 0.3 is 0 Å². The number of benzene rings is 2. The molecule has 0 radical (unpaired) electrons. The topological polar surface area (TPSA) is 29.1 Å². The molecule has 0 heterocycles. The number of hydrogen-bond donors (Lipinski definition) is 1. The van der Waals surface area contributed by atoms with E-state index in [-0.39, 0.29) is 0 Å². The molecule has 2 aromatic carbocycles. The van der Waals surface area contributed by atoms with Gasteiger partial charge in [0.1, 0.15) is 0 Å². The molecule has 1 N–H and O–H groups in total. The highest BCUT2D eigenvalue weighted by atomic mass is 79.9. The first-order valence-electron chi connectivity index (χ1n) is 6.10. The lowest BCUT2D eigenvalue weighted by Gasteiger charge is -2.15. The SMILES string of the molecule is CC(NC(=O)c1ccc(F)c(F)c1F)c1cccc(Br)c1. The van der Waals surface area contributed by atoms with Crippen LogP contribution >= 0.6 is 15.9 Å². The molecular formula is C15H11BrF3NO. The van der Waals surface area contributed by atoms with Crippen LogP contribution in [0.2, 0.25) is 0 Å². The Kier molecular flexibility index (Phi) is 4.67. The van der Waals surface area contributed by atoms with Gasteiger partial charge in [0.05, 0.1) is 11.6 Å². The molecule has 0 saturated carbocycles. The predicted octanol–water partition coefficient (Wildman–Crippen LogP) is 4.36. The van der Waals surface area contributed by atoms with Gasteiger partial charge in [0.15, 0.2) is 17.5 Å². The third kappa shape index (κ3) is 3.44. The molecule has 2 nitrogen and oxygen atoms in total. The first kappa shape index (κ1) is 15.6. The van der Waals surface area contributed by atoms with Crippen LogP contribution in [0.4, 0.5) is 13.2 Å². The lowest BCUT2D eigenvalue weighted by atomic mass is 10.1. The number of rotatable bonds is 3. The number of hydrogen-bond acceptors (Lipinski definition) is 1. The summed E-state index contributed by atoms with van der Waals surface area (Å²) in [6, 6.07) is 8.42. The van der Waals surface area contributed by atoms with Crippen molar-refractivity contribution < 1.29 is 18.0 Å². The van der Waals surface area contributed by atoms with Gasteiger partial charge in [-0.2, -0.15) is 0 Å². The molecule has 1 unspecified atom stereocenters. The number of amides is 1. The van der Waals surface area contributed by atoms with E-state index in [4.69, 9.17) is 0 Å². The van der Waals surface area contributed by atoms with Crippen LogP contribution in [0.1, 0.15) is 28.9 Å². The van der Waals surface area contributed by atoms with Gasteiger partial charge in [0.2, 0.25) is 0 Å². The molecule has 6 heteroatoms. The number of halogens is 4. The molecule has 0 bridgehead atoms. The Morgan fingerprint density at radius 2 is 1.86 bits per heavy atom. The molecule has 0 aliphatic rings. The van der Waals surface area contributed by atoms with E-state index in [1.807, 2.05) is 6.07 Å². The minimum atomic E-state index is -1.65. The van der Waals surface area contributed by atoms with E-state index in [1.54, 1.807) is 25.1 Å². The molecule has 0 fully saturated rings. The van der Waals surface area contributed by atoms with E-state index in [0.29, 0.717) is 0 Å². The number of carbonyl (C=O) groups is 1. The normalized spacial score (nSPS) is 12.0. The summed E-state index contributed by atoms with van der Waals surface area (Å²) in [6.07, 6.45) is 0. The van der Waals surface area contributed by atoms with Gasteiger partial charge in [-0.05, 0) is 36.8 Å². The molecule has 0 aromatic heterocycles. The van der Waals surface area contributed by atoms with Crippen molar-refractivity contribution in [3.8, 4) is 0 Å². The average Bonchev–Trinajstić information content (AvgIpc) is 2.44. The van der Waals surface area contributed by atoms with Crippen molar-refractivity contribution >= 4 is 21.8 Å². The van der Waals surface area contributed by atoms with E-state index in [1.165, 1.54) is 0 Å². The maximum absolute atomic E-state index is 13.5. The molecule has 2 rings (SSSR count). The third-order valence-electron chi connectivity index (χ3n) is 2.98. The van der Waals surface area contributed by atoms with Crippen molar-refractivity contribution in [2.24, 2.45) is 0 Å². The lowest BCUT2D eigenvalue weighted by Crippen LogP contribution is -2.27. The smallest absolute Gasteiger partial charge is 0.254 e. The molecule has 1 amide bonds. The van der Waals surface area contributed by atoms with Crippen LogP contribution in [-0.4, -0.2) is 5.91 Å². The molecule has 0 aliphatic heterocycles. The first-order valence-corrected chi connectivity index (χ1v) is 6.89. The van der Waals surface area contributed by atoms with Crippen molar-refractivity contribution in [1.29, 1.82) is 0 Å². The van der Waals surface area contributed by atoms with Gasteiger partial charge in [-0.1, -0.05) is 28.1 Å². The fourth-order valence-electron chi connectivity index (χ4n) is 1.83. The second-order valence-corrected chi connectivity index (χ2v) is 5.39. The molecular weight excluding hydrogens is 347 g/mol. The molecule has 0 spiro atoms. The Bertz CT molecular complexity index is 691. The van der Waals surface area contributed by atoms with Crippen LogP contribution in [0.15, 0.2) is 40.9 Å². The van der Waals surface area contributed by atoms with E-state index >= 15 is 0 Å². The zero-order valence-electron chi connectivity index (χ0n) is 11.0. The monoisotopic (exact) mass is 357 g/mol. The van der Waals surface area contributed by atoms with Gasteiger partial charge in [0.25, 0.3) is 5.91 Å². The lowest BCUT2D eigenvalue weighted by molar-refractivity contribution is 0.0934. The third-order valence-corrected chi connectivity index (χ3v) is 3.47. The van der Waals surface area contributed by atoms with Gasteiger partial charge in [-0.25, -0.2) is 13.2 Å². The van der Waals surface area contributed by atoms with E-state index in [2.05, 4.69) is 21.2 Å². The highest BCUT2D eigenvalue weighted by Gasteiger charge is 2.20. The zero-order chi connectivity index (χ0) is 15.6. The molecule has 21 heavy (non-hydrogen) atoms. The van der Waals surface area contributed by atoms with Crippen molar-refractivity contribution in [2.75, 3.05) is 0 Å². The van der Waals surface area contributed by atoms with Crippen molar-refractivity contribution in [2.45, 2.75) is 13.0 Å². The largest absolute Gasteiger partial charge is 0.345 e. The predicted molar refractivity (Wildman–Crippen MR) is 76.3 cm³/mol. The summed E-state index contributed by atoms with van der Waals surface area (Å²) in [6.45, 7) is 1.71. The maximum atomic E-state index is 13.5. The molecule has 2 aromatic rings. The van der Waals surface area contributed by atoms with Crippen molar-refractivity contribution in [3.63, 3.8) is 0 Å². The molecule has 0 saturated heterocycles. The highest BCUT2D eigenvalue weighted by molar-refractivity contribution is 9.10. The van der Waals surface area contributed by atoms with Gasteiger partial charge in [-0.15, -0.1) is 0 Å². The summed E-state index contributed by atoms with van der Waals surface area (Å²) in [4.78, 5) is 11.9. The summed E-state index contributed by atoms with van der Waals surface area (Å²) in [5.74, 6) is -5.28. The Balaban J connectivity index is 2.20. The average molecular weight is 358 g/mol. The van der Waals surface area contributed by atoms with Crippen LogP contribution in [0.25, 0.3) is 0 Å². The number of nitrogens with one attached hydrogen (secondary N) is 1. The van der Waals surface area contributed by atoms with Crippen LogP contribution in [0.3, 0.4) is 0 Å². The summed E-state index contributed by atoms with van der Waals surface area (Å²) in [5, 5.41) is 2.54. The zero-order valence-corrected chi connectivity index (χ0v) is 12.5. The van der Waals surface area contributed by atoms with Gasteiger partial charge in [0, 0.05) is 4.47 Å². The van der Waals surface area contributed by atoms with Gasteiger partial charge in [-0.3, -0.25) is 4.79 Å². The Morgan fingerprint density at radius 1 is 1.14 bits per heavy atom. The Hall–Kier alpha value is -1.82. The standard InChI is InChI=1S/C15H11BrF3NO/c1-8(9-3-2-4-10(16)7-9)20-15(21)11-5-6-12(17)14(19)13(11)18/h2-8H,1H3,(H,20,21). The second-order valence-electron chi connectivity index (χ2n) is 4.47. The van der Waals surface area contributed by atoms with Crippen molar-refractivity contribution in [1.82, 2.24) is 5.32 Å². The van der Waals surface area contributed by atoms with Gasteiger partial charge < -0.3 is 5.32 Å². The number of carbonyl (C=O) groups excluding carboxylic acids is 1. The molecule has 1 atom stereocenters. The highest BCUT2D eigenvalue weighted by Crippen LogP contribution is 2.20. The van der Waals surface area contributed by atoms with Crippen molar-refractivity contribution in [3.05, 3.63) is 69.4 Å². The van der Waals surface area contributed by atoms with Crippen LogP contribution < -0.4 is 5.32 Å². The Morgan fingerprint density at radius 3 is 2.52 bits per heavy atom. The Labute approximate surface area is 128 Å². The van der Waals surface area contributed by atoms with E-state index < -0.39 is 35.0 Å². The maximum Gasteiger partial charge on any atom is 0.254 e. The molecule has 0 aliphatic carbocycles. The minimum Gasteiger partial charge on any atom is -0.345 e. The van der Waals surface area contributed by atoms with E-state index in [9.17, 15) is 18.0 Å². The molecule has 110 valence electrons. The minimum absolute atomic E-state index is 0.414. The summed E-state index contributed by atoms with van der Waals surface area (Å²) in [5.41, 5.74) is 0.261.